The number of benzene rings is 2. The van der Waals surface area contributed by atoms with E-state index in [9.17, 15) is 33.2 Å². The number of amides is 1. The highest BCUT2D eigenvalue weighted by Gasteiger charge is 2.48. The number of fused-ring (bicyclic) bond motifs is 2. The standard InChI is InChI=1S/C26H28ClF3N4O5/c1-24(36)13-16(14-24)31-22-19(26(28,29)30)11-17(12-21(22)34(37)38)39-9-8-33-6-4-25(5-7-33)18-10-15(27)2-3-20(18)32-23(25)35/h2-3,10-12,16,31,36H,4-9,13-14H2,1H3,(H,32,35). The summed E-state index contributed by atoms with van der Waals surface area (Å²) in [4.78, 5) is 25.7. The normalized spacial score (nSPS) is 24.2. The van der Waals surface area contributed by atoms with Crippen LogP contribution < -0.4 is 15.4 Å². The zero-order valence-corrected chi connectivity index (χ0v) is 21.9. The second kappa shape index (κ2) is 9.83. The van der Waals surface area contributed by atoms with Crippen LogP contribution in [0.1, 0.15) is 43.7 Å². The number of nitro groups is 1. The number of likely N-dealkylation sites (tertiary alicyclic amines) is 1. The molecule has 0 unspecified atom stereocenters. The summed E-state index contributed by atoms with van der Waals surface area (Å²) < 4.78 is 47.3. The Hall–Kier alpha value is -3.09. The molecule has 0 atom stereocenters. The number of ether oxygens (including phenoxy) is 1. The van der Waals surface area contributed by atoms with Gasteiger partial charge in [0.2, 0.25) is 5.91 Å². The highest BCUT2D eigenvalue weighted by atomic mass is 35.5. The van der Waals surface area contributed by atoms with Gasteiger partial charge in [0.05, 0.1) is 27.6 Å². The van der Waals surface area contributed by atoms with Gasteiger partial charge in [-0.25, -0.2) is 0 Å². The quantitative estimate of drug-likeness (QED) is 0.319. The van der Waals surface area contributed by atoms with E-state index in [-0.39, 0.29) is 31.1 Å². The van der Waals surface area contributed by atoms with E-state index in [0.29, 0.717) is 37.5 Å². The summed E-state index contributed by atoms with van der Waals surface area (Å²) in [6, 6.07) is 6.56. The van der Waals surface area contributed by atoms with Gasteiger partial charge < -0.3 is 20.5 Å². The number of carbonyl (C=O) groups excluding carboxylic acids is 1. The molecule has 39 heavy (non-hydrogen) atoms. The molecule has 210 valence electrons. The lowest BCUT2D eigenvalue weighted by Crippen LogP contribution is -2.48. The molecule has 9 nitrogen and oxygen atoms in total. The van der Waals surface area contributed by atoms with Gasteiger partial charge in [-0.05, 0) is 75.5 Å². The highest BCUT2D eigenvalue weighted by Crippen LogP contribution is 2.47. The minimum absolute atomic E-state index is 0.00826. The van der Waals surface area contributed by atoms with E-state index in [0.717, 1.165) is 23.4 Å². The van der Waals surface area contributed by atoms with Crippen LogP contribution in [0.3, 0.4) is 0 Å². The molecule has 0 radical (unpaired) electrons. The van der Waals surface area contributed by atoms with E-state index in [2.05, 4.69) is 10.6 Å². The van der Waals surface area contributed by atoms with Crippen LogP contribution in [-0.4, -0.2) is 58.7 Å². The monoisotopic (exact) mass is 568 g/mol. The van der Waals surface area contributed by atoms with Gasteiger partial charge in [-0.15, -0.1) is 0 Å². The van der Waals surface area contributed by atoms with Gasteiger partial charge in [-0.2, -0.15) is 13.2 Å². The van der Waals surface area contributed by atoms with Gasteiger partial charge in [0.1, 0.15) is 18.0 Å². The lowest BCUT2D eigenvalue weighted by molar-refractivity contribution is -0.384. The van der Waals surface area contributed by atoms with Crippen molar-refractivity contribution in [1.29, 1.82) is 0 Å². The van der Waals surface area contributed by atoms with Crippen molar-refractivity contribution in [3.8, 4) is 5.75 Å². The smallest absolute Gasteiger partial charge is 0.418 e. The number of aliphatic hydroxyl groups is 1. The molecule has 3 aliphatic rings. The van der Waals surface area contributed by atoms with Crippen molar-refractivity contribution in [2.75, 3.05) is 36.9 Å². The zero-order valence-electron chi connectivity index (χ0n) is 21.1. The van der Waals surface area contributed by atoms with Crippen LogP contribution in [0.15, 0.2) is 30.3 Å². The summed E-state index contributed by atoms with van der Waals surface area (Å²) in [5.41, 5.74) is -2.61. The second-order valence-corrected chi connectivity index (χ2v) is 11.2. The van der Waals surface area contributed by atoms with Crippen LogP contribution in [0.5, 0.6) is 5.75 Å². The first-order chi connectivity index (χ1) is 18.3. The van der Waals surface area contributed by atoms with Crippen molar-refractivity contribution in [3.63, 3.8) is 0 Å². The maximum atomic E-state index is 13.9. The van der Waals surface area contributed by atoms with E-state index in [1.165, 1.54) is 0 Å². The van der Waals surface area contributed by atoms with Gasteiger partial charge in [0.15, 0.2) is 0 Å². The molecular weight excluding hydrogens is 541 g/mol. The first kappa shape index (κ1) is 27.5. The molecule has 1 saturated heterocycles. The Balaban J connectivity index is 1.25. The predicted molar refractivity (Wildman–Crippen MR) is 138 cm³/mol. The fourth-order valence-electron chi connectivity index (χ4n) is 5.84. The van der Waals surface area contributed by atoms with Crippen molar-refractivity contribution in [2.45, 2.75) is 55.8 Å². The number of hydrogen-bond acceptors (Lipinski definition) is 7. The van der Waals surface area contributed by atoms with E-state index < -0.39 is 45.1 Å². The maximum Gasteiger partial charge on any atom is 0.418 e. The molecule has 0 aromatic heterocycles. The number of piperidine rings is 1. The van der Waals surface area contributed by atoms with Crippen molar-refractivity contribution in [2.24, 2.45) is 0 Å². The molecule has 2 aromatic rings. The number of carbonyl (C=O) groups is 1. The Morgan fingerprint density at radius 2 is 1.95 bits per heavy atom. The molecule has 1 aliphatic carbocycles. The predicted octanol–water partition coefficient (Wildman–Crippen LogP) is 4.96. The van der Waals surface area contributed by atoms with Crippen molar-refractivity contribution < 1.29 is 32.7 Å². The number of alkyl halides is 3. The Kier molecular flexibility index (Phi) is 6.92. The van der Waals surface area contributed by atoms with Crippen molar-refractivity contribution >= 4 is 34.6 Å². The number of nitrogens with zero attached hydrogens (tertiary/aromatic N) is 2. The molecule has 1 amide bonds. The molecule has 5 rings (SSSR count). The fraction of sp³-hybridized carbons (Fsp3) is 0.500. The summed E-state index contributed by atoms with van der Waals surface area (Å²) in [5, 5.41) is 27.7. The fourth-order valence-corrected chi connectivity index (χ4v) is 6.02. The number of halogens is 4. The number of nitrogens with one attached hydrogen (secondary N) is 2. The first-order valence-corrected chi connectivity index (χ1v) is 13.0. The maximum absolute atomic E-state index is 13.9. The van der Waals surface area contributed by atoms with Crippen LogP contribution in [0.4, 0.5) is 30.2 Å². The molecule has 1 saturated carbocycles. The Labute approximate surface area is 227 Å². The van der Waals surface area contributed by atoms with Gasteiger partial charge in [0.25, 0.3) is 5.69 Å². The Morgan fingerprint density at radius 1 is 1.26 bits per heavy atom. The molecule has 0 bridgehead atoms. The van der Waals surface area contributed by atoms with Gasteiger partial charge in [-0.3, -0.25) is 19.8 Å². The second-order valence-electron chi connectivity index (χ2n) is 10.8. The molecule has 1 spiro atoms. The molecule has 2 aromatic carbocycles. The highest BCUT2D eigenvalue weighted by molar-refractivity contribution is 6.31. The van der Waals surface area contributed by atoms with Crippen LogP contribution in [-0.2, 0) is 16.4 Å². The molecule has 13 heteroatoms. The van der Waals surface area contributed by atoms with Crippen molar-refractivity contribution in [1.82, 2.24) is 4.90 Å². The van der Waals surface area contributed by atoms with Crippen molar-refractivity contribution in [3.05, 3.63) is 56.6 Å². The third-order valence-corrected chi connectivity index (χ3v) is 8.11. The lowest BCUT2D eigenvalue weighted by atomic mass is 9.73. The minimum atomic E-state index is -4.86. The molecular formula is C26H28ClF3N4O5. The van der Waals surface area contributed by atoms with Crippen LogP contribution in [0, 0.1) is 10.1 Å². The molecule has 3 N–H and O–H groups in total. The lowest BCUT2D eigenvalue weighted by Gasteiger charge is -2.41. The van der Waals surface area contributed by atoms with Gasteiger partial charge >= 0.3 is 6.18 Å². The third kappa shape index (κ3) is 5.37. The number of nitro benzene ring substituents is 1. The summed E-state index contributed by atoms with van der Waals surface area (Å²) in [6.45, 7) is 3.05. The van der Waals surface area contributed by atoms with E-state index in [1.54, 1.807) is 19.1 Å². The topological polar surface area (TPSA) is 117 Å². The number of rotatable bonds is 7. The van der Waals surface area contributed by atoms with E-state index >= 15 is 0 Å². The molecule has 2 fully saturated rings. The van der Waals surface area contributed by atoms with Gasteiger partial charge in [0, 0.05) is 23.3 Å². The van der Waals surface area contributed by atoms with Crippen LogP contribution in [0.25, 0.3) is 0 Å². The SMILES string of the molecule is CC1(O)CC(Nc2c([N+](=O)[O-])cc(OCCN3CCC4(CC3)C(=O)Nc3ccc(Cl)cc34)cc2C(F)(F)F)C1. The minimum Gasteiger partial charge on any atom is -0.492 e. The molecule has 2 heterocycles. The number of anilines is 2. The summed E-state index contributed by atoms with van der Waals surface area (Å²) in [7, 11) is 0. The van der Waals surface area contributed by atoms with Gasteiger partial charge in [-0.1, -0.05) is 11.6 Å². The Morgan fingerprint density at radius 3 is 2.56 bits per heavy atom. The molecule has 2 aliphatic heterocycles. The zero-order chi connectivity index (χ0) is 28.2. The average molecular weight is 569 g/mol. The first-order valence-electron chi connectivity index (χ1n) is 12.6. The number of hydrogen-bond donors (Lipinski definition) is 3. The van der Waals surface area contributed by atoms with E-state index in [4.69, 9.17) is 16.3 Å². The largest absolute Gasteiger partial charge is 0.492 e. The summed E-state index contributed by atoms with van der Waals surface area (Å²) in [5.74, 6) is -0.325. The van der Waals surface area contributed by atoms with Crippen LogP contribution in [0.2, 0.25) is 5.02 Å². The average Bonchev–Trinajstić information content (AvgIpc) is 3.09. The summed E-state index contributed by atoms with van der Waals surface area (Å²) in [6.07, 6.45) is -3.41. The third-order valence-electron chi connectivity index (χ3n) is 7.88. The Bertz CT molecular complexity index is 1300. The van der Waals surface area contributed by atoms with E-state index in [1.807, 2.05) is 11.0 Å². The van der Waals surface area contributed by atoms with Crippen LogP contribution >= 0.6 is 11.6 Å². The summed E-state index contributed by atoms with van der Waals surface area (Å²) >= 11 is 6.16.